The Kier molecular flexibility index (Phi) is 5.68. The summed E-state index contributed by atoms with van der Waals surface area (Å²) in [6.07, 6.45) is 1.69. The van der Waals surface area contributed by atoms with E-state index in [9.17, 15) is 16.8 Å². The number of hydrogen-bond donors (Lipinski definition) is 1. The number of halogens is 1. The van der Waals surface area contributed by atoms with E-state index < -0.39 is 19.9 Å². The van der Waals surface area contributed by atoms with Crippen molar-refractivity contribution < 1.29 is 16.8 Å². The minimum Gasteiger partial charge on any atom is -0.326 e. The van der Waals surface area contributed by atoms with Crippen LogP contribution in [0.15, 0.2) is 21.9 Å². The van der Waals surface area contributed by atoms with Crippen molar-refractivity contribution in [3.8, 4) is 0 Å². The Balaban J connectivity index is 0.00000242. The zero-order valence-electron chi connectivity index (χ0n) is 12.7. The van der Waals surface area contributed by atoms with E-state index >= 15 is 0 Å². The first-order valence-electron chi connectivity index (χ1n) is 6.60. The van der Waals surface area contributed by atoms with Gasteiger partial charge in [-0.05, 0) is 43.5 Å². The molecule has 0 saturated carbocycles. The lowest BCUT2D eigenvalue weighted by Crippen LogP contribution is -2.32. The molecule has 0 aliphatic carbocycles. The van der Waals surface area contributed by atoms with E-state index in [2.05, 4.69) is 0 Å². The predicted octanol–water partition coefficient (Wildman–Crippen LogP) is 0.850. The van der Waals surface area contributed by atoms with Crippen molar-refractivity contribution in [3.63, 3.8) is 0 Å². The zero-order valence-corrected chi connectivity index (χ0v) is 15.2. The molecule has 0 amide bonds. The van der Waals surface area contributed by atoms with E-state index in [4.69, 9.17) is 5.73 Å². The number of benzene rings is 1. The molecule has 1 aromatic rings. The summed E-state index contributed by atoms with van der Waals surface area (Å²) >= 11 is 0. The monoisotopic (exact) mass is 368 g/mol. The van der Waals surface area contributed by atoms with Crippen LogP contribution < -0.4 is 5.73 Å². The molecule has 2 rings (SSSR count). The highest BCUT2D eigenvalue weighted by atomic mass is 35.5. The number of sulfone groups is 1. The van der Waals surface area contributed by atoms with Crippen LogP contribution in [0.1, 0.15) is 17.5 Å². The van der Waals surface area contributed by atoms with E-state index in [-0.39, 0.29) is 40.3 Å². The van der Waals surface area contributed by atoms with E-state index in [1.54, 1.807) is 6.92 Å². The van der Waals surface area contributed by atoms with Gasteiger partial charge < -0.3 is 5.73 Å². The van der Waals surface area contributed by atoms with Crippen molar-refractivity contribution >= 4 is 32.3 Å². The van der Waals surface area contributed by atoms with Gasteiger partial charge in [-0.15, -0.1) is 12.4 Å². The van der Waals surface area contributed by atoms with Gasteiger partial charge in [0.15, 0.2) is 9.84 Å². The molecular weight excluding hydrogens is 348 g/mol. The molecule has 22 heavy (non-hydrogen) atoms. The number of nitrogens with two attached hydrogens (primary N) is 1. The van der Waals surface area contributed by atoms with E-state index in [0.29, 0.717) is 18.5 Å². The summed E-state index contributed by atoms with van der Waals surface area (Å²) < 4.78 is 50.4. The van der Waals surface area contributed by atoms with E-state index in [1.807, 2.05) is 0 Å². The van der Waals surface area contributed by atoms with Crippen molar-refractivity contribution in [2.75, 3.05) is 19.3 Å². The third-order valence-corrected chi connectivity index (χ3v) is 6.88. The lowest BCUT2D eigenvalue weighted by atomic mass is 10.2. The maximum absolute atomic E-state index is 12.7. The summed E-state index contributed by atoms with van der Waals surface area (Å²) in [6.45, 7) is 3.84. The second kappa shape index (κ2) is 6.45. The smallest absolute Gasteiger partial charge is 0.243 e. The molecule has 2 N–H and O–H groups in total. The van der Waals surface area contributed by atoms with Gasteiger partial charge in [-0.3, -0.25) is 0 Å². The highest BCUT2D eigenvalue weighted by Crippen LogP contribution is 2.28. The molecule has 0 unspecified atom stereocenters. The number of rotatable bonds is 3. The van der Waals surface area contributed by atoms with Crippen LogP contribution in [0, 0.1) is 13.8 Å². The first-order valence-corrected chi connectivity index (χ1v) is 9.93. The number of hydrogen-bond acceptors (Lipinski definition) is 5. The lowest BCUT2D eigenvalue weighted by molar-refractivity contribution is 0.471. The normalized spacial score (nSPS) is 19.9. The second-order valence-electron chi connectivity index (χ2n) is 5.57. The van der Waals surface area contributed by atoms with Gasteiger partial charge in [0.1, 0.15) is 0 Å². The highest BCUT2D eigenvalue weighted by Gasteiger charge is 2.33. The summed E-state index contributed by atoms with van der Waals surface area (Å²) in [5.41, 5.74) is 6.63. The largest absolute Gasteiger partial charge is 0.326 e. The Morgan fingerprint density at radius 1 is 1.14 bits per heavy atom. The van der Waals surface area contributed by atoms with Gasteiger partial charge in [-0.25, -0.2) is 16.8 Å². The van der Waals surface area contributed by atoms with Crippen LogP contribution >= 0.6 is 12.4 Å². The van der Waals surface area contributed by atoms with Crippen molar-refractivity contribution in [2.45, 2.75) is 36.1 Å². The van der Waals surface area contributed by atoms with Crippen LogP contribution in [0.2, 0.25) is 0 Å². The number of sulfonamides is 1. The summed E-state index contributed by atoms with van der Waals surface area (Å²) in [5, 5.41) is 0. The molecule has 0 bridgehead atoms. The summed E-state index contributed by atoms with van der Waals surface area (Å²) in [7, 11) is -7.20. The molecular formula is C13H21ClN2O4S2. The van der Waals surface area contributed by atoms with Crippen LogP contribution in [0.3, 0.4) is 0 Å². The first-order chi connectivity index (χ1) is 9.53. The van der Waals surface area contributed by atoms with Gasteiger partial charge in [-0.2, -0.15) is 4.31 Å². The molecule has 0 aromatic heterocycles. The maximum atomic E-state index is 12.7. The fourth-order valence-corrected chi connectivity index (χ4v) is 5.53. The van der Waals surface area contributed by atoms with Crippen LogP contribution in [-0.4, -0.2) is 46.5 Å². The van der Waals surface area contributed by atoms with Crippen molar-refractivity contribution in [2.24, 2.45) is 5.73 Å². The Bertz CT molecular complexity index is 775. The summed E-state index contributed by atoms with van der Waals surface area (Å²) in [5.74, 6) is 0. The van der Waals surface area contributed by atoms with Crippen molar-refractivity contribution in [1.82, 2.24) is 4.31 Å². The highest BCUT2D eigenvalue weighted by molar-refractivity contribution is 7.91. The summed E-state index contributed by atoms with van der Waals surface area (Å²) in [4.78, 5) is 0.113. The minimum absolute atomic E-state index is 0. The SMILES string of the molecule is Cc1cc(S(C)(=O)=O)c(C)c(S(=O)(=O)N2CC[C@@H](N)C2)c1.Cl. The Labute approximate surface area is 138 Å². The molecule has 6 nitrogen and oxygen atoms in total. The Morgan fingerprint density at radius 3 is 2.14 bits per heavy atom. The lowest BCUT2D eigenvalue weighted by Gasteiger charge is -2.19. The third kappa shape index (κ3) is 3.62. The van der Waals surface area contributed by atoms with Gasteiger partial charge in [0.2, 0.25) is 10.0 Å². The zero-order chi connectivity index (χ0) is 16.0. The first kappa shape index (κ1) is 19.4. The average Bonchev–Trinajstić information content (AvgIpc) is 2.77. The molecule has 126 valence electrons. The fourth-order valence-electron chi connectivity index (χ4n) is 2.56. The second-order valence-corrected chi connectivity index (χ2v) is 9.46. The Hall–Kier alpha value is -0.670. The van der Waals surface area contributed by atoms with Gasteiger partial charge >= 0.3 is 0 Å². The van der Waals surface area contributed by atoms with Crippen LogP contribution in [0.4, 0.5) is 0 Å². The van der Waals surface area contributed by atoms with E-state index in [1.165, 1.54) is 23.4 Å². The molecule has 0 radical (unpaired) electrons. The van der Waals surface area contributed by atoms with Crippen molar-refractivity contribution in [3.05, 3.63) is 23.3 Å². The summed E-state index contributed by atoms with van der Waals surface area (Å²) in [6, 6.07) is 2.85. The van der Waals surface area contributed by atoms with Crippen LogP contribution in [0.5, 0.6) is 0 Å². The predicted molar refractivity (Wildman–Crippen MR) is 87.6 cm³/mol. The molecule has 1 atom stereocenters. The Morgan fingerprint density at radius 2 is 1.68 bits per heavy atom. The number of nitrogens with zero attached hydrogens (tertiary/aromatic N) is 1. The van der Waals surface area contributed by atoms with Gasteiger partial charge in [0, 0.05) is 25.4 Å². The quantitative estimate of drug-likeness (QED) is 0.852. The molecule has 1 heterocycles. The van der Waals surface area contributed by atoms with Crippen LogP contribution in [-0.2, 0) is 19.9 Å². The molecule has 0 spiro atoms. The molecule has 1 aliphatic rings. The van der Waals surface area contributed by atoms with Gasteiger partial charge in [0.05, 0.1) is 9.79 Å². The van der Waals surface area contributed by atoms with Crippen molar-refractivity contribution in [1.29, 1.82) is 0 Å². The molecule has 1 saturated heterocycles. The number of aryl methyl sites for hydroxylation is 1. The third-order valence-electron chi connectivity index (χ3n) is 3.66. The molecule has 1 aromatic carbocycles. The fraction of sp³-hybridized carbons (Fsp3) is 0.538. The van der Waals surface area contributed by atoms with Gasteiger partial charge in [0.25, 0.3) is 0 Å². The topological polar surface area (TPSA) is 97.5 Å². The van der Waals surface area contributed by atoms with E-state index in [0.717, 1.165) is 6.26 Å². The average molecular weight is 369 g/mol. The molecule has 9 heteroatoms. The van der Waals surface area contributed by atoms with Gasteiger partial charge in [-0.1, -0.05) is 0 Å². The molecule has 1 fully saturated rings. The standard InChI is InChI=1S/C13H20N2O4S2.ClH/c1-9-6-12(20(3,16)17)10(2)13(7-9)21(18,19)15-5-4-11(14)8-15;/h6-7,11H,4-5,8,14H2,1-3H3;1H/t11-;/m1./s1. The minimum atomic E-state index is -3.72. The maximum Gasteiger partial charge on any atom is 0.243 e. The van der Waals surface area contributed by atoms with Crippen LogP contribution in [0.25, 0.3) is 0 Å². The molecule has 1 aliphatic heterocycles.